The minimum atomic E-state index is 1.04. The normalized spacial score (nSPS) is 10.2. The number of hydrogen-bond donors (Lipinski definition) is 0. The van der Waals surface area contributed by atoms with Crippen molar-refractivity contribution in [1.29, 1.82) is 0 Å². The zero-order valence-electron chi connectivity index (χ0n) is 7.14. The van der Waals surface area contributed by atoms with E-state index in [1.807, 2.05) is 0 Å². The topological polar surface area (TPSA) is 0 Å². The van der Waals surface area contributed by atoms with Crippen molar-refractivity contribution in [2.45, 2.75) is 24.9 Å². The monoisotopic (exact) mass is 188 g/mol. The van der Waals surface area contributed by atoms with Crippen LogP contribution in [0.2, 0.25) is 12.1 Å². The Kier molecular flexibility index (Phi) is 4.32. The van der Waals surface area contributed by atoms with E-state index in [0.717, 1.165) is 24.9 Å². The van der Waals surface area contributed by atoms with Gasteiger partial charge in [0.15, 0.2) is 0 Å². The molecule has 0 aromatic heterocycles. The molecule has 0 nitrogen and oxygen atoms in total. The van der Waals surface area contributed by atoms with Gasteiger partial charge in [0.05, 0.1) is 0 Å². The molecule has 0 unspecified atom stereocenters. The van der Waals surface area contributed by atoms with E-state index in [1.54, 1.807) is 0 Å². The third-order valence-electron chi connectivity index (χ3n) is 1.91. The zero-order valence-corrected chi connectivity index (χ0v) is 9.14. The summed E-state index contributed by atoms with van der Waals surface area (Å²) in [5, 5.41) is 0. The molecule has 2 heteroatoms. The summed E-state index contributed by atoms with van der Waals surface area (Å²) in [7, 11) is 7.01. The quantitative estimate of drug-likeness (QED) is 0.634. The van der Waals surface area contributed by atoms with Crippen molar-refractivity contribution in [2.75, 3.05) is 0 Å². The molecule has 0 saturated carbocycles. The maximum atomic E-state index is 3.50. The lowest BCUT2D eigenvalue weighted by atomic mass is 10.0. The Hall–Kier alpha value is -0.346. The van der Waals surface area contributed by atoms with E-state index >= 15 is 0 Å². The molecule has 0 aliphatic rings. The Bertz CT molecular complexity index is 208. The van der Waals surface area contributed by atoms with Gasteiger partial charge >= 0.3 is 0 Å². The number of rotatable bonds is 4. The van der Waals surface area contributed by atoms with Crippen LogP contribution in [0.25, 0.3) is 0 Å². The molecule has 0 heterocycles. The third kappa shape index (κ3) is 2.61. The second kappa shape index (κ2) is 5.33. The van der Waals surface area contributed by atoms with E-state index in [4.69, 9.17) is 0 Å². The average Bonchev–Trinajstić information content (AvgIpc) is 2.09. The number of hydrogen-bond acceptors (Lipinski definition) is 0. The van der Waals surface area contributed by atoms with Crippen molar-refractivity contribution in [3.05, 3.63) is 35.4 Å². The van der Waals surface area contributed by atoms with E-state index in [-0.39, 0.29) is 0 Å². The largest absolute Gasteiger partial charge is 0.0620 e. The van der Waals surface area contributed by atoms with Crippen molar-refractivity contribution in [2.24, 2.45) is 0 Å². The van der Waals surface area contributed by atoms with Crippen molar-refractivity contribution in [3.63, 3.8) is 0 Å². The van der Waals surface area contributed by atoms with Gasteiger partial charge in [-0.1, -0.05) is 36.4 Å². The Morgan fingerprint density at radius 1 is 0.833 bits per heavy atom. The van der Waals surface area contributed by atoms with Gasteiger partial charge in [0.1, 0.15) is 0 Å². The van der Waals surface area contributed by atoms with E-state index < -0.39 is 0 Å². The number of benzene rings is 1. The predicted octanol–water partition coefficient (Wildman–Crippen LogP) is 1.95. The van der Waals surface area contributed by atoms with E-state index in [9.17, 15) is 0 Å². The molecule has 0 atom stereocenters. The first-order chi connectivity index (χ1) is 5.88. The summed E-state index contributed by atoms with van der Waals surface area (Å²) in [4.78, 5) is 0. The second-order valence-corrected chi connectivity index (χ2v) is 3.77. The van der Waals surface area contributed by atoms with Crippen LogP contribution in [0.15, 0.2) is 24.3 Å². The van der Waals surface area contributed by atoms with Gasteiger partial charge in [-0.15, -0.1) is 0 Å². The van der Waals surface area contributed by atoms with Gasteiger partial charge in [0, 0.05) is 20.5 Å². The molecular weight excluding hydrogens is 176 g/mol. The van der Waals surface area contributed by atoms with Crippen LogP contribution in [-0.2, 0) is 12.8 Å². The van der Waals surface area contributed by atoms with Gasteiger partial charge in [-0.3, -0.25) is 0 Å². The Morgan fingerprint density at radius 2 is 1.25 bits per heavy atom. The first-order valence-corrected chi connectivity index (χ1v) is 5.66. The van der Waals surface area contributed by atoms with Gasteiger partial charge in [-0.25, -0.2) is 0 Å². The van der Waals surface area contributed by atoms with Gasteiger partial charge < -0.3 is 0 Å². The first kappa shape index (κ1) is 9.74. The van der Waals surface area contributed by atoms with Crippen molar-refractivity contribution in [1.82, 2.24) is 0 Å². The Balaban J connectivity index is 2.77. The molecule has 6 radical (unpaired) electrons. The van der Waals surface area contributed by atoms with Crippen LogP contribution in [-0.4, -0.2) is 20.5 Å². The van der Waals surface area contributed by atoms with Gasteiger partial charge in [-0.05, 0) is 24.0 Å². The Morgan fingerprint density at radius 3 is 1.58 bits per heavy atom. The highest BCUT2D eigenvalue weighted by molar-refractivity contribution is 6.08. The molecule has 1 aromatic rings. The maximum absolute atomic E-state index is 3.50. The molecule has 0 saturated heterocycles. The lowest BCUT2D eigenvalue weighted by molar-refractivity contribution is 1.03. The molecule has 0 N–H and O–H groups in total. The number of aryl methyl sites for hydroxylation is 2. The van der Waals surface area contributed by atoms with Crippen LogP contribution in [0, 0.1) is 0 Å². The molecule has 0 aliphatic heterocycles. The van der Waals surface area contributed by atoms with Gasteiger partial charge in [0.2, 0.25) is 0 Å². The highest BCUT2D eigenvalue weighted by Crippen LogP contribution is 2.12. The van der Waals surface area contributed by atoms with Crippen LogP contribution in [0.4, 0.5) is 0 Å². The van der Waals surface area contributed by atoms with Crippen LogP contribution >= 0.6 is 0 Å². The average molecular weight is 188 g/mol. The summed E-state index contributed by atoms with van der Waals surface area (Å²) < 4.78 is 0. The van der Waals surface area contributed by atoms with E-state index in [0.29, 0.717) is 0 Å². The minimum Gasteiger partial charge on any atom is -0.0620 e. The highest BCUT2D eigenvalue weighted by Gasteiger charge is 1.98. The Labute approximate surface area is 81.2 Å². The van der Waals surface area contributed by atoms with Crippen LogP contribution in [0.5, 0.6) is 0 Å². The standard InChI is InChI=1S/C10H12Si2/c11-7-5-9-3-1-2-4-10(9)6-8-12/h1-4H,5-8H2. The predicted molar refractivity (Wildman–Crippen MR) is 55.0 cm³/mol. The van der Waals surface area contributed by atoms with E-state index in [1.165, 1.54) is 11.1 Å². The van der Waals surface area contributed by atoms with Crippen LogP contribution in [0.3, 0.4) is 0 Å². The molecule has 0 aliphatic carbocycles. The van der Waals surface area contributed by atoms with Crippen LogP contribution < -0.4 is 0 Å². The summed E-state index contributed by atoms with van der Waals surface area (Å²) in [5.74, 6) is 0. The first-order valence-electron chi connectivity index (χ1n) is 4.24. The summed E-state index contributed by atoms with van der Waals surface area (Å²) in [6.45, 7) is 0. The molecule has 1 rings (SSSR count). The molecule has 12 heavy (non-hydrogen) atoms. The van der Waals surface area contributed by atoms with Crippen molar-refractivity contribution >= 4 is 20.5 Å². The SMILES string of the molecule is [Si]CCc1ccccc1CC[Si]. The van der Waals surface area contributed by atoms with Crippen LogP contribution in [0.1, 0.15) is 11.1 Å². The molecule has 0 fully saturated rings. The summed E-state index contributed by atoms with van der Waals surface area (Å²) in [6.07, 6.45) is 2.25. The molecule has 0 spiro atoms. The smallest absolute Gasteiger partial charge is 0.0225 e. The molecule has 0 bridgehead atoms. The van der Waals surface area contributed by atoms with Gasteiger partial charge in [-0.2, -0.15) is 0 Å². The van der Waals surface area contributed by atoms with Crippen molar-refractivity contribution < 1.29 is 0 Å². The fraction of sp³-hybridized carbons (Fsp3) is 0.400. The minimum absolute atomic E-state index is 1.04. The highest BCUT2D eigenvalue weighted by atomic mass is 28.1. The third-order valence-corrected chi connectivity index (χ3v) is 2.41. The second-order valence-electron chi connectivity index (χ2n) is 2.77. The lowest BCUT2D eigenvalue weighted by Crippen LogP contribution is -1.93. The summed E-state index contributed by atoms with van der Waals surface area (Å²) in [5.41, 5.74) is 2.93. The maximum Gasteiger partial charge on any atom is 0.0225 e. The van der Waals surface area contributed by atoms with Gasteiger partial charge in [0.25, 0.3) is 0 Å². The molecule has 0 amide bonds. The fourth-order valence-electron chi connectivity index (χ4n) is 1.31. The lowest BCUT2D eigenvalue weighted by Gasteiger charge is -2.06. The fourth-order valence-corrected chi connectivity index (χ4v) is 1.85. The molecular formula is C10H12Si2. The zero-order chi connectivity index (χ0) is 8.81. The molecule has 60 valence electrons. The van der Waals surface area contributed by atoms with Crippen molar-refractivity contribution in [3.8, 4) is 0 Å². The molecule has 1 aromatic carbocycles. The summed E-state index contributed by atoms with van der Waals surface area (Å²) in [6, 6.07) is 10.7. The summed E-state index contributed by atoms with van der Waals surface area (Å²) >= 11 is 0. The van der Waals surface area contributed by atoms with E-state index in [2.05, 4.69) is 44.8 Å².